The lowest BCUT2D eigenvalue weighted by Crippen LogP contribution is -2.49. The van der Waals surface area contributed by atoms with Crippen LogP contribution in [0.5, 0.6) is 5.75 Å². The van der Waals surface area contributed by atoms with E-state index in [2.05, 4.69) is 9.80 Å². The molecule has 2 aromatic rings. The molecule has 160 valence electrons. The topological polar surface area (TPSA) is 53.1 Å². The summed E-state index contributed by atoms with van der Waals surface area (Å²) in [6, 6.07) is 15.7. The molecule has 6 nitrogen and oxygen atoms in total. The first-order valence-electron chi connectivity index (χ1n) is 10.5. The van der Waals surface area contributed by atoms with Crippen LogP contribution < -0.4 is 9.64 Å². The minimum atomic E-state index is 0.0826. The molecule has 0 saturated carbocycles. The van der Waals surface area contributed by atoms with Crippen LogP contribution in [-0.2, 0) is 11.3 Å². The summed E-state index contributed by atoms with van der Waals surface area (Å²) in [5.41, 5.74) is 2.95. The fraction of sp³-hybridized carbons (Fsp3) is 0.417. The Bertz CT molecular complexity index is 841. The number of amides is 1. The van der Waals surface area contributed by atoms with Crippen molar-refractivity contribution in [3.63, 3.8) is 0 Å². The Labute approximate surface area is 179 Å². The largest absolute Gasteiger partial charge is 0.494 e. The smallest absolute Gasteiger partial charge is 0.236 e. The van der Waals surface area contributed by atoms with Gasteiger partial charge in [0.1, 0.15) is 5.75 Å². The minimum Gasteiger partial charge on any atom is -0.494 e. The van der Waals surface area contributed by atoms with Crippen LogP contribution in [0, 0.1) is 0 Å². The summed E-state index contributed by atoms with van der Waals surface area (Å²) in [7, 11) is 1.85. The van der Waals surface area contributed by atoms with Crippen molar-refractivity contribution in [3.8, 4) is 5.75 Å². The van der Waals surface area contributed by atoms with Gasteiger partial charge in [-0.25, -0.2) is 0 Å². The maximum Gasteiger partial charge on any atom is 0.236 e. The molecule has 1 fully saturated rings. The molecule has 1 aliphatic heterocycles. The van der Waals surface area contributed by atoms with E-state index in [-0.39, 0.29) is 11.7 Å². The van der Waals surface area contributed by atoms with E-state index in [9.17, 15) is 9.59 Å². The van der Waals surface area contributed by atoms with E-state index in [1.165, 1.54) is 0 Å². The summed E-state index contributed by atoms with van der Waals surface area (Å²) >= 11 is 0. The summed E-state index contributed by atoms with van der Waals surface area (Å²) in [4.78, 5) is 30.4. The van der Waals surface area contributed by atoms with Crippen LogP contribution in [-0.4, -0.2) is 67.9 Å². The third-order valence-electron chi connectivity index (χ3n) is 5.45. The van der Waals surface area contributed by atoms with Crippen LogP contribution in [0.2, 0.25) is 0 Å². The van der Waals surface area contributed by atoms with Crippen LogP contribution >= 0.6 is 0 Å². The highest BCUT2D eigenvalue weighted by Gasteiger charge is 2.21. The van der Waals surface area contributed by atoms with Gasteiger partial charge in [0.15, 0.2) is 5.78 Å². The van der Waals surface area contributed by atoms with Crippen LogP contribution in [0.15, 0.2) is 48.5 Å². The van der Waals surface area contributed by atoms with E-state index < -0.39 is 0 Å². The summed E-state index contributed by atoms with van der Waals surface area (Å²) in [6.07, 6.45) is 0. The molecule has 0 radical (unpaired) electrons. The van der Waals surface area contributed by atoms with Gasteiger partial charge in [-0.05, 0) is 55.8 Å². The molecule has 0 aromatic heterocycles. The molecule has 1 saturated heterocycles. The number of ketones is 1. The number of anilines is 1. The lowest BCUT2D eigenvalue weighted by molar-refractivity contribution is -0.131. The maximum atomic E-state index is 12.7. The van der Waals surface area contributed by atoms with Crippen molar-refractivity contribution in [1.29, 1.82) is 0 Å². The average molecular weight is 410 g/mol. The van der Waals surface area contributed by atoms with E-state index in [1.54, 1.807) is 11.8 Å². The van der Waals surface area contributed by atoms with Gasteiger partial charge in [0.25, 0.3) is 0 Å². The molecular formula is C24H31N3O3. The molecule has 0 atom stereocenters. The van der Waals surface area contributed by atoms with Gasteiger partial charge in [-0.15, -0.1) is 0 Å². The summed E-state index contributed by atoms with van der Waals surface area (Å²) in [6.45, 7) is 8.65. The zero-order valence-electron chi connectivity index (χ0n) is 18.1. The highest BCUT2D eigenvalue weighted by molar-refractivity contribution is 5.94. The molecule has 0 N–H and O–H groups in total. The summed E-state index contributed by atoms with van der Waals surface area (Å²) in [5, 5.41) is 0. The first kappa shape index (κ1) is 21.8. The Hall–Kier alpha value is -2.86. The quantitative estimate of drug-likeness (QED) is 0.627. The molecule has 0 bridgehead atoms. The number of carbonyl (C=O) groups excluding carboxylic acids is 2. The van der Waals surface area contributed by atoms with Crippen molar-refractivity contribution in [2.24, 2.45) is 0 Å². The lowest BCUT2D eigenvalue weighted by atomic mass is 10.1. The van der Waals surface area contributed by atoms with Gasteiger partial charge in [0, 0.05) is 51.0 Å². The fourth-order valence-electron chi connectivity index (χ4n) is 3.60. The van der Waals surface area contributed by atoms with Gasteiger partial charge in [0.2, 0.25) is 5.91 Å². The molecular weight excluding hydrogens is 378 g/mol. The van der Waals surface area contributed by atoms with Gasteiger partial charge >= 0.3 is 0 Å². The molecule has 3 rings (SSSR count). The third kappa shape index (κ3) is 5.83. The summed E-state index contributed by atoms with van der Waals surface area (Å²) in [5.74, 6) is 1.06. The number of benzene rings is 2. The number of rotatable bonds is 8. The monoisotopic (exact) mass is 409 g/mol. The van der Waals surface area contributed by atoms with Crippen molar-refractivity contribution >= 4 is 17.4 Å². The van der Waals surface area contributed by atoms with Gasteiger partial charge in [0.05, 0.1) is 13.2 Å². The molecule has 1 aliphatic rings. The second kappa shape index (κ2) is 10.3. The molecule has 1 heterocycles. The van der Waals surface area contributed by atoms with E-state index in [0.29, 0.717) is 19.7 Å². The minimum absolute atomic E-state index is 0.0826. The molecule has 6 heteroatoms. The zero-order chi connectivity index (χ0) is 21.5. The Kier molecular flexibility index (Phi) is 7.46. The van der Waals surface area contributed by atoms with Crippen molar-refractivity contribution in [1.82, 2.24) is 9.80 Å². The Balaban J connectivity index is 1.45. The van der Waals surface area contributed by atoms with E-state index >= 15 is 0 Å². The Morgan fingerprint density at radius 1 is 0.967 bits per heavy atom. The standard InChI is InChI=1S/C24H31N3O3/c1-4-30-23-11-5-20(6-12-23)17-25(3)24(29)18-26-13-15-27(16-14-26)22-9-7-21(8-10-22)19(2)28/h5-12H,4,13-18H2,1-3H3. The average Bonchev–Trinajstić information content (AvgIpc) is 2.76. The SMILES string of the molecule is CCOc1ccc(CN(C)C(=O)CN2CCN(c3ccc(C(C)=O)cc3)CC2)cc1. The molecule has 0 spiro atoms. The molecule has 30 heavy (non-hydrogen) atoms. The van der Waals surface area contributed by atoms with Crippen molar-refractivity contribution in [3.05, 3.63) is 59.7 Å². The highest BCUT2D eigenvalue weighted by atomic mass is 16.5. The summed E-state index contributed by atoms with van der Waals surface area (Å²) < 4.78 is 5.46. The van der Waals surface area contributed by atoms with Crippen molar-refractivity contribution < 1.29 is 14.3 Å². The van der Waals surface area contributed by atoms with Crippen molar-refractivity contribution in [2.75, 3.05) is 51.3 Å². The number of piperazine rings is 1. The van der Waals surface area contributed by atoms with E-state index in [0.717, 1.165) is 48.7 Å². The van der Waals surface area contributed by atoms with Crippen LogP contribution in [0.1, 0.15) is 29.8 Å². The molecule has 0 aliphatic carbocycles. The van der Waals surface area contributed by atoms with E-state index in [4.69, 9.17) is 4.74 Å². The lowest BCUT2D eigenvalue weighted by Gasteiger charge is -2.36. The van der Waals surface area contributed by atoms with Crippen LogP contribution in [0.4, 0.5) is 5.69 Å². The van der Waals surface area contributed by atoms with Gasteiger partial charge in [-0.3, -0.25) is 14.5 Å². The number of Topliss-reactive ketones (excluding diaryl/α,β-unsaturated/α-hetero) is 1. The Morgan fingerprint density at radius 2 is 1.60 bits per heavy atom. The maximum absolute atomic E-state index is 12.7. The zero-order valence-corrected chi connectivity index (χ0v) is 18.1. The van der Waals surface area contributed by atoms with Gasteiger partial charge in [-0.2, -0.15) is 0 Å². The van der Waals surface area contributed by atoms with Crippen molar-refractivity contribution in [2.45, 2.75) is 20.4 Å². The number of hydrogen-bond acceptors (Lipinski definition) is 5. The number of nitrogens with zero attached hydrogens (tertiary/aromatic N) is 3. The Morgan fingerprint density at radius 3 is 2.17 bits per heavy atom. The normalized spacial score (nSPS) is 14.4. The predicted molar refractivity (Wildman–Crippen MR) is 119 cm³/mol. The first-order chi connectivity index (χ1) is 14.5. The second-order valence-electron chi connectivity index (χ2n) is 7.69. The third-order valence-corrected chi connectivity index (χ3v) is 5.45. The highest BCUT2D eigenvalue weighted by Crippen LogP contribution is 2.18. The molecule has 1 amide bonds. The fourth-order valence-corrected chi connectivity index (χ4v) is 3.60. The second-order valence-corrected chi connectivity index (χ2v) is 7.69. The van der Waals surface area contributed by atoms with Crippen LogP contribution in [0.25, 0.3) is 0 Å². The van der Waals surface area contributed by atoms with Gasteiger partial charge < -0.3 is 14.5 Å². The van der Waals surface area contributed by atoms with E-state index in [1.807, 2.05) is 62.5 Å². The molecule has 0 unspecified atom stereocenters. The molecule has 2 aromatic carbocycles. The first-order valence-corrected chi connectivity index (χ1v) is 10.5. The number of carbonyl (C=O) groups is 2. The predicted octanol–water partition coefficient (Wildman–Crippen LogP) is 3.07. The van der Waals surface area contributed by atoms with Crippen LogP contribution in [0.3, 0.4) is 0 Å². The number of ether oxygens (including phenoxy) is 1. The number of likely N-dealkylation sites (N-methyl/N-ethyl adjacent to an activating group) is 1. The van der Waals surface area contributed by atoms with Gasteiger partial charge in [-0.1, -0.05) is 12.1 Å². The number of hydrogen-bond donors (Lipinski definition) is 0.